The first-order valence-electron chi connectivity index (χ1n) is 5.86. The van der Waals surface area contributed by atoms with E-state index in [0.29, 0.717) is 6.42 Å². The van der Waals surface area contributed by atoms with Crippen molar-refractivity contribution in [3.05, 3.63) is 35.4 Å². The Kier molecular flexibility index (Phi) is 3.78. The highest BCUT2D eigenvalue weighted by atomic mass is 19.1. The highest BCUT2D eigenvalue weighted by molar-refractivity contribution is 5.86. The highest BCUT2D eigenvalue weighted by Crippen LogP contribution is 2.18. The molecule has 1 aliphatic rings. The number of hydrogen-bond acceptors (Lipinski definition) is 3. The first-order valence-corrected chi connectivity index (χ1v) is 5.86. The molecule has 1 heterocycles. The Morgan fingerprint density at radius 2 is 2.21 bits per heavy atom. The molecule has 0 aromatic heterocycles. The molecule has 1 unspecified atom stereocenters. The fourth-order valence-corrected chi connectivity index (χ4v) is 1.93. The summed E-state index contributed by atoms with van der Waals surface area (Å²) in [5.74, 6) is -2.16. The van der Waals surface area contributed by atoms with Gasteiger partial charge in [-0.15, -0.1) is 0 Å². The van der Waals surface area contributed by atoms with Crippen LogP contribution in [0.4, 0.5) is 8.78 Å². The Morgan fingerprint density at radius 3 is 2.79 bits per heavy atom. The quantitative estimate of drug-likeness (QED) is 0.783. The van der Waals surface area contributed by atoms with Crippen molar-refractivity contribution >= 4 is 11.9 Å². The zero-order chi connectivity index (χ0) is 14.0. The summed E-state index contributed by atoms with van der Waals surface area (Å²) in [4.78, 5) is 24.1. The zero-order valence-corrected chi connectivity index (χ0v) is 10.4. The molecule has 1 aliphatic heterocycles. The highest BCUT2D eigenvalue weighted by Gasteiger charge is 2.31. The number of likely N-dealkylation sites (N-methyl/N-ethyl adjacent to an activating group) is 1. The molecule has 1 fully saturated rings. The lowest BCUT2D eigenvalue weighted by Gasteiger charge is -2.20. The zero-order valence-electron chi connectivity index (χ0n) is 10.4. The molecule has 1 aromatic carbocycles. The SMILES string of the molecule is CN(Cc1ccc(F)cc1F)C(=O)C1CCC(=O)O1. The summed E-state index contributed by atoms with van der Waals surface area (Å²) < 4.78 is 31.1. The van der Waals surface area contributed by atoms with Crippen LogP contribution >= 0.6 is 0 Å². The minimum Gasteiger partial charge on any atom is -0.452 e. The van der Waals surface area contributed by atoms with Crippen molar-refractivity contribution < 1.29 is 23.1 Å². The fourth-order valence-electron chi connectivity index (χ4n) is 1.93. The number of esters is 1. The van der Waals surface area contributed by atoms with Gasteiger partial charge in [-0.1, -0.05) is 6.07 Å². The minimum absolute atomic E-state index is 0.000995. The summed E-state index contributed by atoms with van der Waals surface area (Å²) in [7, 11) is 1.48. The van der Waals surface area contributed by atoms with Crippen molar-refractivity contribution in [3.63, 3.8) is 0 Å². The second-order valence-electron chi connectivity index (χ2n) is 4.45. The number of rotatable bonds is 3. The van der Waals surface area contributed by atoms with Gasteiger partial charge in [0.25, 0.3) is 5.91 Å². The Bertz CT molecular complexity index is 519. The number of carbonyl (C=O) groups excluding carboxylic acids is 2. The van der Waals surface area contributed by atoms with E-state index in [4.69, 9.17) is 4.74 Å². The Balaban J connectivity index is 2.02. The fraction of sp³-hybridized carbons (Fsp3) is 0.385. The molecule has 1 saturated heterocycles. The van der Waals surface area contributed by atoms with Crippen molar-refractivity contribution in [2.45, 2.75) is 25.5 Å². The predicted octanol–water partition coefficient (Wildman–Crippen LogP) is 1.63. The van der Waals surface area contributed by atoms with E-state index in [-0.39, 0.29) is 24.4 Å². The van der Waals surface area contributed by atoms with Gasteiger partial charge < -0.3 is 9.64 Å². The molecule has 0 aliphatic carbocycles. The van der Waals surface area contributed by atoms with Gasteiger partial charge in [0.05, 0.1) is 0 Å². The molecular formula is C13H13F2NO3. The molecule has 1 amide bonds. The topological polar surface area (TPSA) is 46.6 Å². The lowest BCUT2D eigenvalue weighted by molar-refractivity contribution is -0.152. The maximum Gasteiger partial charge on any atom is 0.306 e. The third-order valence-corrected chi connectivity index (χ3v) is 2.96. The van der Waals surface area contributed by atoms with Crippen molar-refractivity contribution in [1.82, 2.24) is 4.90 Å². The van der Waals surface area contributed by atoms with Crippen LogP contribution in [0.5, 0.6) is 0 Å². The van der Waals surface area contributed by atoms with E-state index in [1.165, 1.54) is 18.0 Å². The molecule has 19 heavy (non-hydrogen) atoms. The van der Waals surface area contributed by atoms with E-state index in [1.807, 2.05) is 0 Å². The third kappa shape index (κ3) is 3.07. The summed E-state index contributed by atoms with van der Waals surface area (Å²) in [6, 6.07) is 3.19. The van der Waals surface area contributed by atoms with Gasteiger partial charge in [-0.05, 0) is 6.07 Å². The van der Waals surface area contributed by atoms with Crippen LogP contribution in [0.25, 0.3) is 0 Å². The van der Waals surface area contributed by atoms with Crippen LogP contribution < -0.4 is 0 Å². The van der Waals surface area contributed by atoms with Gasteiger partial charge in [0.2, 0.25) is 0 Å². The Morgan fingerprint density at radius 1 is 1.47 bits per heavy atom. The first kappa shape index (κ1) is 13.5. The summed E-state index contributed by atoms with van der Waals surface area (Å²) >= 11 is 0. The summed E-state index contributed by atoms with van der Waals surface area (Å²) in [5.41, 5.74) is 0.210. The Hall–Kier alpha value is -1.98. The number of carbonyl (C=O) groups is 2. The van der Waals surface area contributed by atoms with Crippen molar-refractivity contribution in [3.8, 4) is 0 Å². The number of nitrogens with zero attached hydrogens (tertiary/aromatic N) is 1. The van der Waals surface area contributed by atoms with Crippen LogP contribution in [0.15, 0.2) is 18.2 Å². The molecular weight excluding hydrogens is 256 g/mol. The van der Waals surface area contributed by atoms with E-state index in [2.05, 4.69) is 0 Å². The number of halogens is 2. The van der Waals surface area contributed by atoms with Crippen LogP contribution in [0.3, 0.4) is 0 Å². The molecule has 1 atom stereocenters. The largest absolute Gasteiger partial charge is 0.452 e. The molecule has 2 rings (SSSR count). The van der Waals surface area contributed by atoms with Crippen molar-refractivity contribution in [1.29, 1.82) is 0 Å². The number of ether oxygens (including phenoxy) is 1. The van der Waals surface area contributed by atoms with Gasteiger partial charge >= 0.3 is 5.97 Å². The van der Waals surface area contributed by atoms with E-state index >= 15 is 0 Å². The van der Waals surface area contributed by atoms with Crippen LogP contribution in [0.1, 0.15) is 18.4 Å². The number of amides is 1. The standard InChI is InChI=1S/C13H13F2NO3/c1-16(13(18)11-4-5-12(17)19-11)7-8-2-3-9(14)6-10(8)15/h2-3,6,11H,4-5,7H2,1H3. The van der Waals surface area contributed by atoms with Crippen molar-refractivity contribution in [2.24, 2.45) is 0 Å². The maximum atomic E-state index is 13.5. The summed E-state index contributed by atoms with van der Waals surface area (Å²) in [6.45, 7) is -0.000995. The summed E-state index contributed by atoms with van der Waals surface area (Å²) in [5, 5.41) is 0. The van der Waals surface area contributed by atoms with Crippen LogP contribution in [-0.2, 0) is 20.9 Å². The van der Waals surface area contributed by atoms with Crippen molar-refractivity contribution in [2.75, 3.05) is 7.05 Å². The second-order valence-corrected chi connectivity index (χ2v) is 4.45. The smallest absolute Gasteiger partial charge is 0.306 e. The third-order valence-electron chi connectivity index (χ3n) is 2.96. The van der Waals surface area contributed by atoms with E-state index in [9.17, 15) is 18.4 Å². The van der Waals surface area contributed by atoms with Gasteiger partial charge in [0, 0.05) is 38.1 Å². The maximum absolute atomic E-state index is 13.5. The molecule has 0 bridgehead atoms. The predicted molar refractivity (Wildman–Crippen MR) is 61.9 cm³/mol. The lowest BCUT2D eigenvalue weighted by Crippen LogP contribution is -2.36. The van der Waals surface area contributed by atoms with Gasteiger partial charge in [-0.2, -0.15) is 0 Å². The molecule has 4 nitrogen and oxygen atoms in total. The number of benzene rings is 1. The number of cyclic esters (lactones) is 1. The lowest BCUT2D eigenvalue weighted by atomic mass is 10.1. The molecule has 0 saturated carbocycles. The summed E-state index contributed by atoms with van der Waals surface area (Å²) in [6.07, 6.45) is -0.232. The van der Waals surface area contributed by atoms with Crippen LogP contribution in [-0.4, -0.2) is 29.9 Å². The average molecular weight is 269 g/mol. The van der Waals surface area contributed by atoms with E-state index in [0.717, 1.165) is 12.1 Å². The van der Waals surface area contributed by atoms with E-state index < -0.39 is 23.7 Å². The van der Waals surface area contributed by atoms with Crippen LogP contribution in [0.2, 0.25) is 0 Å². The normalized spacial score (nSPS) is 18.3. The van der Waals surface area contributed by atoms with Gasteiger partial charge in [-0.25, -0.2) is 8.78 Å². The van der Waals surface area contributed by atoms with Crippen LogP contribution in [0, 0.1) is 11.6 Å². The minimum atomic E-state index is -0.791. The molecule has 6 heteroatoms. The number of hydrogen-bond donors (Lipinski definition) is 0. The second kappa shape index (κ2) is 5.34. The molecule has 0 radical (unpaired) electrons. The molecule has 0 spiro atoms. The van der Waals surface area contributed by atoms with E-state index in [1.54, 1.807) is 0 Å². The van der Waals surface area contributed by atoms with Gasteiger partial charge in [0.1, 0.15) is 11.6 Å². The molecule has 1 aromatic rings. The molecule has 0 N–H and O–H groups in total. The Labute approximate surface area is 109 Å². The average Bonchev–Trinajstić information content (AvgIpc) is 2.78. The van der Waals surface area contributed by atoms with Gasteiger partial charge in [-0.3, -0.25) is 9.59 Å². The molecule has 102 valence electrons. The monoisotopic (exact) mass is 269 g/mol. The first-order chi connectivity index (χ1) is 8.97. The van der Waals surface area contributed by atoms with Gasteiger partial charge in [0.15, 0.2) is 6.10 Å².